The number of para-hydroxylation sites is 2. The van der Waals surface area contributed by atoms with Crippen LogP contribution in [0.5, 0.6) is 11.5 Å². The standard InChI is InChI=1S/C24H22N2O3S/c1-17-8-3-6-13-22(17)29-14-15-30-24-25-21-12-5-4-11-20(21)23(27)26(24)18-9-7-10-19(16-18)28-2/h3-13,16H,14-15H2,1-2H3. The Morgan fingerprint density at radius 3 is 2.63 bits per heavy atom. The second-order valence-corrected chi connectivity index (χ2v) is 7.78. The number of aromatic nitrogens is 2. The summed E-state index contributed by atoms with van der Waals surface area (Å²) in [6.07, 6.45) is 0. The first kappa shape index (κ1) is 20.0. The summed E-state index contributed by atoms with van der Waals surface area (Å²) in [6, 6.07) is 22.8. The molecule has 0 atom stereocenters. The Kier molecular flexibility index (Phi) is 6.05. The molecular weight excluding hydrogens is 396 g/mol. The number of hydrogen-bond acceptors (Lipinski definition) is 5. The molecule has 0 amide bonds. The Morgan fingerprint density at radius 2 is 1.80 bits per heavy atom. The van der Waals surface area contributed by atoms with Crippen LogP contribution in [0.15, 0.2) is 82.7 Å². The predicted octanol–water partition coefficient (Wildman–Crippen LogP) is 4.87. The molecule has 0 spiro atoms. The third-order valence-corrected chi connectivity index (χ3v) is 5.62. The molecule has 1 aromatic heterocycles. The Hall–Kier alpha value is -3.25. The van der Waals surface area contributed by atoms with Crippen molar-refractivity contribution >= 4 is 22.7 Å². The van der Waals surface area contributed by atoms with E-state index in [1.54, 1.807) is 17.7 Å². The average Bonchev–Trinajstić information content (AvgIpc) is 2.78. The van der Waals surface area contributed by atoms with E-state index < -0.39 is 0 Å². The van der Waals surface area contributed by atoms with E-state index in [-0.39, 0.29) is 5.56 Å². The normalized spacial score (nSPS) is 10.9. The summed E-state index contributed by atoms with van der Waals surface area (Å²) in [7, 11) is 1.61. The number of aryl methyl sites for hydroxylation is 1. The van der Waals surface area contributed by atoms with Gasteiger partial charge in [0.15, 0.2) is 5.16 Å². The molecule has 0 unspecified atom stereocenters. The number of benzene rings is 3. The summed E-state index contributed by atoms with van der Waals surface area (Å²) < 4.78 is 12.9. The highest BCUT2D eigenvalue weighted by molar-refractivity contribution is 7.99. The van der Waals surface area contributed by atoms with Crippen LogP contribution in [-0.2, 0) is 0 Å². The first-order valence-electron chi connectivity index (χ1n) is 9.65. The van der Waals surface area contributed by atoms with Crippen molar-refractivity contribution < 1.29 is 9.47 Å². The lowest BCUT2D eigenvalue weighted by atomic mass is 10.2. The van der Waals surface area contributed by atoms with E-state index in [1.165, 1.54) is 11.8 Å². The van der Waals surface area contributed by atoms with E-state index in [4.69, 9.17) is 14.5 Å². The number of methoxy groups -OCH3 is 1. The fourth-order valence-corrected chi connectivity index (χ4v) is 4.02. The Labute approximate surface area is 179 Å². The van der Waals surface area contributed by atoms with Gasteiger partial charge in [-0.25, -0.2) is 4.98 Å². The van der Waals surface area contributed by atoms with Gasteiger partial charge < -0.3 is 9.47 Å². The highest BCUT2D eigenvalue weighted by atomic mass is 32.2. The molecule has 0 fully saturated rings. The van der Waals surface area contributed by atoms with Gasteiger partial charge in [-0.3, -0.25) is 9.36 Å². The number of nitrogens with zero attached hydrogens (tertiary/aromatic N) is 2. The fourth-order valence-electron chi connectivity index (χ4n) is 3.19. The number of rotatable bonds is 7. The first-order chi connectivity index (χ1) is 14.7. The molecule has 1 heterocycles. The monoisotopic (exact) mass is 418 g/mol. The molecule has 0 aliphatic rings. The number of thioether (sulfide) groups is 1. The summed E-state index contributed by atoms with van der Waals surface area (Å²) in [5, 5.41) is 1.21. The minimum absolute atomic E-state index is 0.101. The van der Waals surface area contributed by atoms with Crippen molar-refractivity contribution in [3.63, 3.8) is 0 Å². The van der Waals surface area contributed by atoms with E-state index in [0.717, 1.165) is 17.0 Å². The van der Waals surface area contributed by atoms with Crippen LogP contribution in [0.2, 0.25) is 0 Å². The summed E-state index contributed by atoms with van der Waals surface area (Å²) in [5.74, 6) is 2.21. The zero-order chi connectivity index (χ0) is 20.9. The molecule has 0 bridgehead atoms. The molecular formula is C24H22N2O3S. The maximum absolute atomic E-state index is 13.3. The Bertz CT molecular complexity index is 1240. The average molecular weight is 419 g/mol. The highest BCUT2D eigenvalue weighted by Gasteiger charge is 2.14. The highest BCUT2D eigenvalue weighted by Crippen LogP contribution is 2.24. The maximum Gasteiger partial charge on any atom is 0.266 e. The van der Waals surface area contributed by atoms with Gasteiger partial charge in [0.25, 0.3) is 5.56 Å². The zero-order valence-corrected chi connectivity index (χ0v) is 17.7. The quantitative estimate of drug-likeness (QED) is 0.243. The topological polar surface area (TPSA) is 53.4 Å². The van der Waals surface area contributed by atoms with Crippen LogP contribution in [0, 0.1) is 6.92 Å². The van der Waals surface area contributed by atoms with Gasteiger partial charge in [-0.15, -0.1) is 0 Å². The fraction of sp³-hybridized carbons (Fsp3) is 0.167. The van der Waals surface area contributed by atoms with Crippen LogP contribution in [-0.4, -0.2) is 29.0 Å². The molecule has 6 heteroatoms. The Balaban J connectivity index is 1.65. The van der Waals surface area contributed by atoms with E-state index in [2.05, 4.69) is 0 Å². The minimum atomic E-state index is -0.101. The van der Waals surface area contributed by atoms with Crippen molar-refractivity contribution in [3.05, 3.63) is 88.7 Å². The molecule has 0 radical (unpaired) electrons. The lowest BCUT2D eigenvalue weighted by Gasteiger charge is -2.14. The van der Waals surface area contributed by atoms with Gasteiger partial charge in [0.2, 0.25) is 0 Å². The number of ether oxygens (including phenoxy) is 2. The molecule has 0 aliphatic carbocycles. The molecule has 0 saturated carbocycles. The molecule has 30 heavy (non-hydrogen) atoms. The van der Waals surface area contributed by atoms with Gasteiger partial charge in [0, 0.05) is 11.8 Å². The van der Waals surface area contributed by atoms with Crippen molar-refractivity contribution in [1.29, 1.82) is 0 Å². The van der Waals surface area contributed by atoms with Gasteiger partial charge in [-0.2, -0.15) is 0 Å². The van der Waals surface area contributed by atoms with Gasteiger partial charge in [-0.05, 0) is 42.8 Å². The maximum atomic E-state index is 13.3. The lowest BCUT2D eigenvalue weighted by Crippen LogP contribution is -2.22. The van der Waals surface area contributed by atoms with E-state index in [1.807, 2.05) is 73.7 Å². The summed E-state index contributed by atoms with van der Waals surface area (Å²) in [6.45, 7) is 2.53. The SMILES string of the molecule is COc1cccc(-n2c(SCCOc3ccccc3C)nc3ccccc3c2=O)c1. The van der Waals surface area contributed by atoms with Crippen molar-refractivity contribution in [3.8, 4) is 17.2 Å². The second-order valence-electron chi connectivity index (χ2n) is 6.72. The van der Waals surface area contributed by atoms with E-state index in [0.29, 0.717) is 34.2 Å². The molecule has 3 aromatic carbocycles. The second kappa shape index (κ2) is 9.05. The molecule has 0 saturated heterocycles. The third-order valence-electron chi connectivity index (χ3n) is 4.72. The molecule has 152 valence electrons. The summed E-state index contributed by atoms with van der Waals surface area (Å²) in [4.78, 5) is 18.0. The predicted molar refractivity (Wildman–Crippen MR) is 121 cm³/mol. The third kappa shape index (κ3) is 4.19. The lowest BCUT2D eigenvalue weighted by molar-refractivity contribution is 0.341. The van der Waals surface area contributed by atoms with Gasteiger partial charge in [0.1, 0.15) is 11.5 Å². The number of fused-ring (bicyclic) bond motifs is 1. The van der Waals surface area contributed by atoms with Crippen LogP contribution >= 0.6 is 11.8 Å². The van der Waals surface area contributed by atoms with Crippen LogP contribution in [0.1, 0.15) is 5.56 Å². The molecule has 0 N–H and O–H groups in total. The van der Waals surface area contributed by atoms with Crippen molar-refractivity contribution in [2.24, 2.45) is 0 Å². The van der Waals surface area contributed by atoms with Crippen LogP contribution in [0.25, 0.3) is 16.6 Å². The van der Waals surface area contributed by atoms with E-state index in [9.17, 15) is 4.79 Å². The first-order valence-corrected chi connectivity index (χ1v) is 10.6. The van der Waals surface area contributed by atoms with Gasteiger partial charge in [0.05, 0.1) is 30.3 Å². The van der Waals surface area contributed by atoms with Crippen molar-refractivity contribution in [2.75, 3.05) is 19.5 Å². The van der Waals surface area contributed by atoms with Crippen LogP contribution < -0.4 is 15.0 Å². The molecule has 5 nitrogen and oxygen atoms in total. The molecule has 4 aromatic rings. The van der Waals surface area contributed by atoms with Gasteiger partial charge in [-0.1, -0.05) is 48.2 Å². The molecule has 4 rings (SSSR count). The van der Waals surface area contributed by atoms with Crippen molar-refractivity contribution in [2.45, 2.75) is 12.1 Å². The largest absolute Gasteiger partial charge is 0.497 e. The molecule has 0 aliphatic heterocycles. The summed E-state index contributed by atoms with van der Waals surface area (Å²) >= 11 is 1.50. The van der Waals surface area contributed by atoms with Crippen LogP contribution in [0.3, 0.4) is 0 Å². The number of hydrogen-bond donors (Lipinski definition) is 0. The zero-order valence-electron chi connectivity index (χ0n) is 16.9. The minimum Gasteiger partial charge on any atom is -0.497 e. The van der Waals surface area contributed by atoms with Crippen molar-refractivity contribution in [1.82, 2.24) is 9.55 Å². The van der Waals surface area contributed by atoms with Crippen LogP contribution in [0.4, 0.5) is 0 Å². The summed E-state index contributed by atoms with van der Waals surface area (Å²) in [5.41, 5.74) is 2.40. The smallest absolute Gasteiger partial charge is 0.266 e. The van der Waals surface area contributed by atoms with Gasteiger partial charge >= 0.3 is 0 Å². The van der Waals surface area contributed by atoms with E-state index >= 15 is 0 Å². The Morgan fingerprint density at radius 1 is 1.00 bits per heavy atom.